The summed E-state index contributed by atoms with van der Waals surface area (Å²) >= 11 is 1.70. The van der Waals surface area contributed by atoms with Gasteiger partial charge in [-0.1, -0.05) is 18.2 Å². The van der Waals surface area contributed by atoms with Crippen LogP contribution in [0, 0.1) is 5.92 Å². The van der Waals surface area contributed by atoms with Gasteiger partial charge in [-0.2, -0.15) is 0 Å². The number of carboxylic acids is 1. The van der Waals surface area contributed by atoms with Gasteiger partial charge in [-0.05, 0) is 30.9 Å². The van der Waals surface area contributed by atoms with Crippen LogP contribution in [0.5, 0.6) is 0 Å². The van der Waals surface area contributed by atoms with E-state index in [0.717, 1.165) is 25.3 Å². The number of likely N-dealkylation sites (tertiary alicyclic amines) is 1. The van der Waals surface area contributed by atoms with Crippen LogP contribution in [0.2, 0.25) is 0 Å². The molecule has 1 aromatic carbocycles. The highest BCUT2D eigenvalue weighted by atomic mass is 32.2. The summed E-state index contributed by atoms with van der Waals surface area (Å²) in [7, 11) is 0. The Labute approximate surface area is 129 Å². The molecule has 0 spiro atoms. The highest BCUT2D eigenvalue weighted by Gasteiger charge is 2.25. The second-order valence-electron chi connectivity index (χ2n) is 5.34. The average Bonchev–Trinajstić information content (AvgIpc) is 2.95. The van der Waals surface area contributed by atoms with Gasteiger partial charge in [-0.15, -0.1) is 11.8 Å². The van der Waals surface area contributed by atoms with Crippen LogP contribution in [0.1, 0.15) is 25.7 Å². The molecule has 1 aliphatic rings. The minimum absolute atomic E-state index is 0.191. The lowest BCUT2D eigenvalue weighted by atomic mass is 10.0. The van der Waals surface area contributed by atoms with Gasteiger partial charge in [0.2, 0.25) is 5.91 Å². The van der Waals surface area contributed by atoms with E-state index in [1.54, 1.807) is 11.8 Å². The quantitative estimate of drug-likeness (QED) is 0.787. The molecule has 1 fully saturated rings. The van der Waals surface area contributed by atoms with Crippen LogP contribution in [-0.2, 0) is 9.59 Å². The number of hydrogen-bond donors (Lipinski definition) is 1. The molecule has 1 heterocycles. The van der Waals surface area contributed by atoms with Crippen molar-refractivity contribution in [1.29, 1.82) is 0 Å². The molecule has 21 heavy (non-hydrogen) atoms. The number of rotatable bonds is 7. The van der Waals surface area contributed by atoms with Crippen molar-refractivity contribution >= 4 is 23.6 Å². The predicted molar refractivity (Wildman–Crippen MR) is 83.3 cm³/mol. The van der Waals surface area contributed by atoms with Crippen molar-refractivity contribution in [2.45, 2.75) is 30.6 Å². The van der Waals surface area contributed by atoms with Crippen LogP contribution in [0.3, 0.4) is 0 Å². The van der Waals surface area contributed by atoms with E-state index in [4.69, 9.17) is 5.11 Å². The summed E-state index contributed by atoms with van der Waals surface area (Å²) in [5.41, 5.74) is 0. The maximum atomic E-state index is 12.1. The molecular formula is C16H21NO3S. The van der Waals surface area contributed by atoms with Crippen LogP contribution in [0.25, 0.3) is 0 Å². The molecule has 1 N–H and O–H groups in total. The van der Waals surface area contributed by atoms with Crippen molar-refractivity contribution < 1.29 is 14.7 Å². The summed E-state index contributed by atoms with van der Waals surface area (Å²) in [6.07, 6.45) is 2.37. The van der Waals surface area contributed by atoms with Crippen molar-refractivity contribution in [3.63, 3.8) is 0 Å². The van der Waals surface area contributed by atoms with E-state index in [-0.39, 0.29) is 12.3 Å². The van der Waals surface area contributed by atoms with Crippen molar-refractivity contribution in [3.05, 3.63) is 30.3 Å². The molecule has 4 nitrogen and oxygen atoms in total. The fourth-order valence-electron chi connectivity index (χ4n) is 2.55. The van der Waals surface area contributed by atoms with Gasteiger partial charge in [-0.25, -0.2) is 0 Å². The smallest absolute Gasteiger partial charge is 0.303 e. The molecule has 1 saturated heterocycles. The second kappa shape index (κ2) is 8.08. The normalized spacial score (nSPS) is 17.9. The van der Waals surface area contributed by atoms with Gasteiger partial charge in [0, 0.05) is 36.6 Å². The molecule has 0 aromatic heterocycles. The van der Waals surface area contributed by atoms with E-state index in [9.17, 15) is 9.59 Å². The van der Waals surface area contributed by atoms with Gasteiger partial charge < -0.3 is 10.0 Å². The third-order valence-electron chi connectivity index (χ3n) is 3.73. The van der Waals surface area contributed by atoms with Gasteiger partial charge in [0.1, 0.15) is 0 Å². The molecule has 5 heteroatoms. The molecule has 0 bridgehead atoms. The molecule has 114 valence electrons. The van der Waals surface area contributed by atoms with Gasteiger partial charge in [0.15, 0.2) is 0 Å². The Balaban J connectivity index is 1.66. The van der Waals surface area contributed by atoms with Crippen molar-refractivity contribution in [3.8, 4) is 0 Å². The largest absolute Gasteiger partial charge is 0.481 e. The second-order valence-corrected chi connectivity index (χ2v) is 6.51. The van der Waals surface area contributed by atoms with Gasteiger partial charge >= 0.3 is 5.97 Å². The average molecular weight is 307 g/mol. The molecule has 0 saturated carbocycles. The van der Waals surface area contributed by atoms with E-state index < -0.39 is 5.97 Å². The Morgan fingerprint density at radius 2 is 2.00 bits per heavy atom. The maximum absolute atomic E-state index is 12.1. The highest BCUT2D eigenvalue weighted by Crippen LogP contribution is 2.23. The minimum Gasteiger partial charge on any atom is -0.481 e. The van der Waals surface area contributed by atoms with E-state index >= 15 is 0 Å². The molecule has 1 atom stereocenters. The molecule has 1 amide bonds. The van der Waals surface area contributed by atoms with E-state index in [1.165, 1.54) is 4.90 Å². The van der Waals surface area contributed by atoms with Crippen LogP contribution >= 0.6 is 11.8 Å². The molecule has 1 aromatic rings. The first-order valence-corrected chi connectivity index (χ1v) is 8.31. The number of carbonyl (C=O) groups is 2. The van der Waals surface area contributed by atoms with Crippen LogP contribution in [0.4, 0.5) is 0 Å². The van der Waals surface area contributed by atoms with Gasteiger partial charge in [0.05, 0.1) is 0 Å². The maximum Gasteiger partial charge on any atom is 0.303 e. The number of aliphatic carboxylic acids is 1. The van der Waals surface area contributed by atoms with Gasteiger partial charge in [-0.3, -0.25) is 9.59 Å². The molecule has 0 aliphatic carbocycles. The zero-order valence-electron chi connectivity index (χ0n) is 12.0. The third-order valence-corrected chi connectivity index (χ3v) is 4.75. The first-order valence-electron chi connectivity index (χ1n) is 7.32. The molecule has 0 radical (unpaired) electrons. The number of nitrogens with zero attached hydrogens (tertiary/aromatic N) is 1. The number of benzene rings is 1. The summed E-state index contributed by atoms with van der Waals surface area (Å²) in [5, 5.41) is 8.69. The Morgan fingerprint density at radius 1 is 1.24 bits per heavy atom. The van der Waals surface area contributed by atoms with Crippen LogP contribution in [0.15, 0.2) is 35.2 Å². The van der Waals surface area contributed by atoms with E-state index in [1.807, 2.05) is 35.2 Å². The first-order chi connectivity index (χ1) is 10.1. The lowest BCUT2D eigenvalue weighted by molar-refractivity contribution is -0.137. The summed E-state index contributed by atoms with van der Waals surface area (Å²) < 4.78 is 0. The van der Waals surface area contributed by atoms with Crippen LogP contribution in [-0.4, -0.2) is 40.7 Å². The van der Waals surface area contributed by atoms with Crippen molar-refractivity contribution in [2.24, 2.45) is 5.92 Å². The number of carbonyl (C=O) groups excluding carboxylic acids is 1. The summed E-state index contributed by atoms with van der Waals surface area (Å²) in [5.74, 6) is 0.584. The fourth-order valence-corrected chi connectivity index (χ4v) is 3.42. The Morgan fingerprint density at radius 3 is 2.71 bits per heavy atom. The Hall–Kier alpha value is -1.49. The summed E-state index contributed by atoms with van der Waals surface area (Å²) in [4.78, 5) is 25.8. The lowest BCUT2D eigenvalue weighted by Crippen LogP contribution is -2.28. The zero-order chi connectivity index (χ0) is 15.1. The molecular weight excluding hydrogens is 286 g/mol. The third kappa shape index (κ3) is 5.42. The minimum atomic E-state index is -0.751. The fraction of sp³-hybridized carbons (Fsp3) is 0.500. The summed E-state index contributed by atoms with van der Waals surface area (Å²) in [6, 6.07) is 10.1. The Bertz CT molecular complexity index is 478. The number of hydrogen-bond acceptors (Lipinski definition) is 3. The van der Waals surface area contributed by atoms with Crippen molar-refractivity contribution in [2.75, 3.05) is 18.8 Å². The molecule has 1 aliphatic heterocycles. The molecule has 1 unspecified atom stereocenters. The lowest BCUT2D eigenvalue weighted by Gasteiger charge is -2.16. The number of amides is 1. The van der Waals surface area contributed by atoms with E-state index in [2.05, 4.69) is 0 Å². The SMILES string of the molecule is O=C(O)CCC1CCN(C(=O)CCSc2ccccc2)C1. The summed E-state index contributed by atoms with van der Waals surface area (Å²) in [6.45, 7) is 1.50. The predicted octanol–water partition coefficient (Wildman–Crippen LogP) is 2.88. The molecule has 2 rings (SSSR count). The monoisotopic (exact) mass is 307 g/mol. The zero-order valence-corrected chi connectivity index (χ0v) is 12.8. The van der Waals surface area contributed by atoms with Gasteiger partial charge in [0.25, 0.3) is 0 Å². The van der Waals surface area contributed by atoms with Crippen molar-refractivity contribution in [1.82, 2.24) is 4.90 Å². The number of thioether (sulfide) groups is 1. The topological polar surface area (TPSA) is 57.6 Å². The van der Waals surface area contributed by atoms with E-state index in [0.29, 0.717) is 18.8 Å². The standard InChI is InChI=1S/C16H21NO3S/c18-15(9-11-21-14-4-2-1-3-5-14)17-10-8-13(12-17)6-7-16(19)20/h1-5,13H,6-12H2,(H,19,20). The highest BCUT2D eigenvalue weighted by molar-refractivity contribution is 7.99. The van der Waals surface area contributed by atoms with Crippen LogP contribution < -0.4 is 0 Å². The first kappa shape index (κ1) is 15.9. The number of carboxylic acid groups (broad SMARTS) is 1. The Kier molecular flexibility index (Phi) is 6.11.